The van der Waals surface area contributed by atoms with Gasteiger partial charge < -0.3 is 21.1 Å². The average Bonchev–Trinajstić information content (AvgIpc) is 3.45. The molecule has 2 fully saturated rings. The molecule has 0 saturated heterocycles. The lowest BCUT2D eigenvalue weighted by molar-refractivity contribution is -0.363. The van der Waals surface area contributed by atoms with E-state index in [4.69, 9.17) is 45.3 Å². The number of benzene rings is 2. The minimum Gasteiger partial charge on any atom is -0.405 e. The molecule has 2 saturated carbocycles. The Bertz CT molecular complexity index is 1160. The van der Waals surface area contributed by atoms with Crippen LogP contribution < -0.4 is 26.1 Å². The molecule has 0 heterocycles. The summed E-state index contributed by atoms with van der Waals surface area (Å²) in [5, 5.41) is 8.03. The van der Waals surface area contributed by atoms with Crippen molar-refractivity contribution < 1.29 is 14.5 Å². The number of hydrogen-bond acceptors (Lipinski definition) is 4. The molecule has 2 aliphatic carbocycles. The zero-order chi connectivity index (χ0) is 25.8. The van der Waals surface area contributed by atoms with Crippen LogP contribution in [0, 0.1) is 11.8 Å². The van der Waals surface area contributed by atoms with Crippen LogP contribution in [0.4, 0.5) is 5.69 Å². The zero-order valence-electron chi connectivity index (χ0n) is 20.4. The molecule has 36 heavy (non-hydrogen) atoms. The molecule has 2 aromatic carbocycles. The van der Waals surface area contributed by atoms with E-state index in [2.05, 4.69) is 15.6 Å². The maximum atomic E-state index is 13.3. The molecule has 3 unspecified atom stereocenters. The second kappa shape index (κ2) is 11.9. The van der Waals surface area contributed by atoms with Crippen LogP contribution in [0.25, 0.3) is 0 Å². The first-order valence-electron chi connectivity index (χ1n) is 12.2. The molecule has 5 N–H and O–H groups in total. The van der Waals surface area contributed by atoms with Crippen molar-refractivity contribution in [2.45, 2.75) is 51.6 Å². The molecule has 2 aromatic rings. The third-order valence-corrected chi connectivity index (χ3v) is 7.60. The zero-order valence-corrected chi connectivity index (χ0v) is 22.7. The van der Waals surface area contributed by atoms with Crippen molar-refractivity contribution in [3.05, 3.63) is 68.8 Å². The molecule has 3 atom stereocenters. The SMILES string of the molecule is CC(C)NCC(C(=[NH+]c1ccc(Cl)cc1Cl)Oc1ccc(Cl)cc1)=C(N)C(=O)NC1CC2CCC1C2. The smallest absolute Gasteiger partial charge is 0.379 e. The molecule has 2 aliphatic rings. The molecule has 192 valence electrons. The molecule has 2 bridgehead atoms. The van der Waals surface area contributed by atoms with E-state index in [1.54, 1.807) is 42.5 Å². The summed E-state index contributed by atoms with van der Waals surface area (Å²) in [5.74, 6) is 1.75. The molecule has 6 nitrogen and oxygen atoms in total. The average molecular weight is 551 g/mol. The van der Waals surface area contributed by atoms with Crippen molar-refractivity contribution in [1.29, 1.82) is 0 Å². The molecule has 0 aromatic heterocycles. The van der Waals surface area contributed by atoms with Gasteiger partial charge >= 0.3 is 5.90 Å². The monoisotopic (exact) mass is 549 g/mol. The van der Waals surface area contributed by atoms with Crippen LogP contribution >= 0.6 is 34.8 Å². The van der Waals surface area contributed by atoms with E-state index in [9.17, 15) is 4.79 Å². The lowest BCUT2D eigenvalue weighted by atomic mass is 9.95. The van der Waals surface area contributed by atoms with Gasteiger partial charge in [-0.1, -0.05) is 55.1 Å². The highest BCUT2D eigenvalue weighted by Gasteiger charge is 2.40. The first-order chi connectivity index (χ1) is 17.2. The van der Waals surface area contributed by atoms with E-state index in [-0.39, 0.29) is 29.6 Å². The molecule has 9 heteroatoms. The Morgan fingerprint density at radius 2 is 1.81 bits per heavy atom. The molecular weight excluding hydrogens is 519 g/mol. The topological polar surface area (TPSA) is 90.3 Å². The van der Waals surface area contributed by atoms with Crippen LogP contribution in [0.2, 0.25) is 15.1 Å². The first kappa shape index (κ1) is 26.8. The summed E-state index contributed by atoms with van der Waals surface area (Å²) in [5.41, 5.74) is 7.67. The molecule has 1 amide bonds. The van der Waals surface area contributed by atoms with E-state index in [0.717, 1.165) is 12.8 Å². The maximum Gasteiger partial charge on any atom is 0.379 e. The number of carbonyl (C=O) groups excluding carboxylic acids is 1. The molecule has 0 spiro atoms. The Balaban J connectivity index is 1.72. The van der Waals surface area contributed by atoms with Gasteiger partial charge in [-0.15, -0.1) is 0 Å². The number of carbonyl (C=O) groups is 1. The minimum atomic E-state index is -0.297. The summed E-state index contributed by atoms with van der Waals surface area (Å²) in [7, 11) is 0. The second-order valence-corrected chi connectivity index (χ2v) is 11.1. The summed E-state index contributed by atoms with van der Waals surface area (Å²) in [4.78, 5) is 16.6. The summed E-state index contributed by atoms with van der Waals surface area (Å²) in [6.45, 7) is 4.34. The third-order valence-electron chi connectivity index (χ3n) is 6.80. The van der Waals surface area contributed by atoms with Crippen LogP contribution in [0.1, 0.15) is 39.5 Å². The van der Waals surface area contributed by atoms with Gasteiger partial charge in [0.25, 0.3) is 5.91 Å². The van der Waals surface area contributed by atoms with Gasteiger partial charge in [-0.25, -0.2) is 0 Å². The van der Waals surface area contributed by atoms with Gasteiger partial charge in [0.15, 0.2) is 0 Å². The lowest BCUT2D eigenvalue weighted by Crippen LogP contribution is -2.69. The van der Waals surface area contributed by atoms with Gasteiger partial charge in [0.2, 0.25) is 5.69 Å². The summed E-state index contributed by atoms with van der Waals surface area (Å²) >= 11 is 18.6. The van der Waals surface area contributed by atoms with E-state index < -0.39 is 0 Å². The summed E-state index contributed by atoms with van der Waals surface area (Å²) < 4.78 is 6.24. The number of ether oxygens (including phenoxy) is 1. The summed E-state index contributed by atoms with van der Waals surface area (Å²) in [6.07, 6.45) is 4.61. The predicted molar refractivity (Wildman–Crippen MR) is 146 cm³/mol. The van der Waals surface area contributed by atoms with Crippen molar-refractivity contribution in [3.8, 4) is 5.75 Å². The summed E-state index contributed by atoms with van der Waals surface area (Å²) in [6, 6.07) is 12.3. The quantitative estimate of drug-likeness (QED) is 0.223. The fourth-order valence-electron chi connectivity index (χ4n) is 4.90. The predicted octanol–water partition coefficient (Wildman–Crippen LogP) is 4.35. The van der Waals surface area contributed by atoms with Crippen LogP contribution in [0.5, 0.6) is 5.75 Å². The molecule has 0 aliphatic heterocycles. The van der Waals surface area contributed by atoms with Crippen LogP contribution in [0.3, 0.4) is 0 Å². The van der Waals surface area contributed by atoms with Gasteiger partial charge in [0.05, 0.1) is 0 Å². The van der Waals surface area contributed by atoms with E-state index >= 15 is 0 Å². The number of amides is 1. The fourth-order valence-corrected chi connectivity index (χ4v) is 5.49. The van der Waals surface area contributed by atoms with Crippen LogP contribution in [0.15, 0.2) is 53.7 Å². The number of rotatable bonds is 8. The molecule has 0 radical (unpaired) electrons. The van der Waals surface area contributed by atoms with E-state index in [1.807, 2.05) is 13.8 Å². The van der Waals surface area contributed by atoms with Crippen molar-refractivity contribution in [2.24, 2.45) is 17.6 Å². The first-order valence-corrected chi connectivity index (χ1v) is 13.4. The Hall–Kier alpha value is -2.25. The fraction of sp³-hybridized carbons (Fsp3) is 0.407. The largest absolute Gasteiger partial charge is 0.405 e. The highest BCUT2D eigenvalue weighted by Crippen LogP contribution is 2.44. The Kier molecular flexibility index (Phi) is 8.83. The Morgan fingerprint density at radius 1 is 1.08 bits per heavy atom. The highest BCUT2D eigenvalue weighted by atomic mass is 35.5. The number of hydrogen-bond donors (Lipinski definition) is 4. The lowest BCUT2D eigenvalue weighted by Gasteiger charge is -2.23. The van der Waals surface area contributed by atoms with Gasteiger partial charge in [0, 0.05) is 34.7 Å². The van der Waals surface area contributed by atoms with Gasteiger partial charge in [-0.2, -0.15) is 4.99 Å². The van der Waals surface area contributed by atoms with Crippen molar-refractivity contribution in [2.75, 3.05) is 6.54 Å². The number of halogens is 3. The maximum absolute atomic E-state index is 13.3. The van der Waals surface area contributed by atoms with Crippen molar-refractivity contribution >= 4 is 52.3 Å². The van der Waals surface area contributed by atoms with E-state index in [0.29, 0.717) is 50.5 Å². The number of nitrogens with two attached hydrogens (primary N) is 1. The number of nitrogens with one attached hydrogen (secondary N) is 3. The van der Waals surface area contributed by atoms with Crippen molar-refractivity contribution in [1.82, 2.24) is 10.6 Å². The third kappa shape index (κ3) is 6.74. The highest BCUT2D eigenvalue weighted by molar-refractivity contribution is 6.36. The Labute approximate surface area is 227 Å². The van der Waals surface area contributed by atoms with Crippen LogP contribution in [-0.2, 0) is 4.79 Å². The van der Waals surface area contributed by atoms with Crippen molar-refractivity contribution in [3.63, 3.8) is 0 Å². The standard InChI is InChI=1S/C27H31Cl3N4O2/c1-15(2)32-14-21(25(31)26(35)33-24-12-16-3-4-17(24)11-16)27(36-20-8-5-18(28)6-9-20)34-23-10-7-19(29)13-22(23)30/h5-10,13,15-17,24,32H,3-4,11-12,14,31H2,1-2H3,(H,33,35)/p+1. The van der Waals surface area contributed by atoms with Gasteiger partial charge in [-0.3, -0.25) is 4.79 Å². The Morgan fingerprint density at radius 3 is 2.42 bits per heavy atom. The van der Waals surface area contributed by atoms with E-state index in [1.165, 1.54) is 12.8 Å². The molecular formula is C27H32Cl3N4O2+. The van der Waals surface area contributed by atoms with Gasteiger partial charge in [0.1, 0.15) is 22.0 Å². The minimum absolute atomic E-state index is 0.0903. The van der Waals surface area contributed by atoms with Crippen LogP contribution in [-0.4, -0.2) is 30.4 Å². The molecule has 4 rings (SSSR count). The normalized spacial score (nSPS) is 22.1. The van der Waals surface area contributed by atoms with Gasteiger partial charge in [-0.05, 0) is 67.5 Å². The second-order valence-electron chi connectivity index (χ2n) is 9.82. The number of fused-ring (bicyclic) bond motifs is 2.